The second kappa shape index (κ2) is 4.84. The molecule has 0 aliphatic carbocycles. The fourth-order valence-electron chi connectivity index (χ4n) is 1.17. The number of carbonyl (C=O) groups excluding carboxylic acids is 1. The zero-order valence-corrected chi connectivity index (χ0v) is 11.1. The molecule has 2 N–H and O–H groups in total. The number of carbonyl (C=O) groups is 1. The molecule has 0 aliphatic heterocycles. The molecule has 1 amide bonds. The van der Waals surface area contributed by atoms with Gasteiger partial charge in [-0.25, -0.2) is 4.79 Å². The zero-order valence-electron chi connectivity index (χ0n) is 10.3. The third kappa shape index (κ3) is 4.15. The molecule has 0 spiro atoms. The van der Waals surface area contributed by atoms with Crippen LogP contribution in [0.15, 0.2) is 12.1 Å². The summed E-state index contributed by atoms with van der Waals surface area (Å²) < 4.78 is 5.08. The Labute approximate surface area is 106 Å². The molecule has 0 aliphatic rings. The van der Waals surface area contributed by atoms with Crippen molar-refractivity contribution in [2.45, 2.75) is 33.3 Å². The third-order valence-electron chi connectivity index (χ3n) is 1.92. The number of aryl methyl sites for hydroxylation is 1. The summed E-state index contributed by atoms with van der Waals surface area (Å²) in [5.41, 5.74) is 0.386. The first-order valence-corrected chi connectivity index (χ1v) is 5.56. The van der Waals surface area contributed by atoms with Crippen molar-refractivity contribution >= 4 is 23.4 Å². The van der Waals surface area contributed by atoms with E-state index in [0.717, 1.165) is 0 Å². The Balaban J connectivity index is 2.82. The van der Waals surface area contributed by atoms with Gasteiger partial charge in [0.1, 0.15) is 11.4 Å². The number of benzene rings is 1. The van der Waals surface area contributed by atoms with E-state index >= 15 is 0 Å². The van der Waals surface area contributed by atoms with Gasteiger partial charge in [0.25, 0.3) is 0 Å². The van der Waals surface area contributed by atoms with Gasteiger partial charge in [0, 0.05) is 6.07 Å². The van der Waals surface area contributed by atoms with E-state index < -0.39 is 11.7 Å². The van der Waals surface area contributed by atoms with Gasteiger partial charge in [-0.05, 0) is 39.3 Å². The summed E-state index contributed by atoms with van der Waals surface area (Å²) in [7, 11) is 0. The van der Waals surface area contributed by atoms with E-state index in [-0.39, 0.29) is 5.75 Å². The molecule has 0 fully saturated rings. The Hall–Kier alpha value is -1.42. The number of halogens is 1. The average molecular weight is 258 g/mol. The predicted octanol–water partition coefficient (Wildman–Crippen LogP) is 3.70. The van der Waals surface area contributed by atoms with Crippen molar-refractivity contribution in [3.05, 3.63) is 22.7 Å². The summed E-state index contributed by atoms with van der Waals surface area (Å²) in [6, 6.07) is 2.96. The molecule has 4 nitrogen and oxygen atoms in total. The predicted molar refractivity (Wildman–Crippen MR) is 67.7 cm³/mol. The van der Waals surface area contributed by atoms with E-state index in [9.17, 15) is 9.90 Å². The Bertz CT molecular complexity index is 438. The average Bonchev–Trinajstić information content (AvgIpc) is 2.11. The monoisotopic (exact) mass is 257 g/mol. The number of rotatable bonds is 1. The minimum Gasteiger partial charge on any atom is -0.508 e. The van der Waals surface area contributed by atoms with E-state index in [4.69, 9.17) is 16.3 Å². The summed E-state index contributed by atoms with van der Waals surface area (Å²) in [5, 5.41) is 12.4. The van der Waals surface area contributed by atoms with Crippen LogP contribution in [0.4, 0.5) is 10.5 Å². The molecule has 94 valence electrons. The van der Waals surface area contributed by atoms with Crippen LogP contribution in [0.25, 0.3) is 0 Å². The van der Waals surface area contributed by atoms with Gasteiger partial charge in [0.05, 0.1) is 10.7 Å². The smallest absolute Gasteiger partial charge is 0.412 e. The minimum atomic E-state index is -0.609. The van der Waals surface area contributed by atoms with Crippen molar-refractivity contribution in [2.75, 3.05) is 5.32 Å². The topological polar surface area (TPSA) is 58.6 Å². The van der Waals surface area contributed by atoms with Crippen molar-refractivity contribution in [2.24, 2.45) is 0 Å². The molecule has 1 aromatic carbocycles. The molecule has 1 aromatic rings. The van der Waals surface area contributed by atoms with Crippen LogP contribution in [-0.2, 0) is 4.74 Å². The number of phenols is 1. The fourth-order valence-corrected chi connectivity index (χ4v) is 1.44. The number of anilines is 1. The van der Waals surface area contributed by atoms with Crippen molar-refractivity contribution in [1.29, 1.82) is 0 Å². The Morgan fingerprint density at radius 1 is 1.41 bits per heavy atom. The van der Waals surface area contributed by atoms with Crippen LogP contribution in [-0.4, -0.2) is 16.8 Å². The van der Waals surface area contributed by atoms with Gasteiger partial charge >= 0.3 is 6.09 Å². The summed E-state index contributed by atoms with van der Waals surface area (Å²) in [6.45, 7) is 7.01. The van der Waals surface area contributed by atoms with Gasteiger partial charge in [-0.2, -0.15) is 0 Å². The summed E-state index contributed by atoms with van der Waals surface area (Å²) in [5.74, 6) is 0.0699. The van der Waals surface area contributed by atoms with Crippen LogP contribution in [0.2, 0.25) is 5.02 Å². The molecule has 0 atom stereocenters. The summed E-state index contributed by atoms with van der Waals surface area (Å²) >= 11 is 5.94. The standard InChI is InChI=1S/C12H16ClNO3/c1-7-5-8(13)9(6-10(7)15)14-11(16)17-12(2,3)4/h5-6,15H,1-4H3,(H,14,16). The highest BCUT2D eigenvalue weighted by Gasteiger charge is 2.17. The number of nitrogens with one attached hydrogen (secondary N) is 1. The molecule has 0 aromatic heterocycles. The summed E-state index contributed by atoms with van der Waals surface area (Å²) in [6.07, 6.45) is -0.609. The molecule has 0 bridgehead atoms. The number of hydrogen-bond donors (Lipinski definition) is 2. The van der Waals surface area contributed by atoms with E-state index in [1.54, 1.807) is 33.8 Å². The van der Waals surface area contributed by atoms with Crippen LogP contribution >= 0.6 is 11.6 Å². The van der Waals surface area contributed by atoms with Crippen molar-refractivity contribution < 1.29 is 14.6 Å². The summed E-state index contributed by atoms with van der Waals surface area (Å²) in [4.78, 5) is 11.5. The molecular weight excluding hydrogens is 242 g/mol. The van der Waals surface area contributed by atoms with Gasteiger partial charge in [-0.1, -0.05) is 11.6 Å². The number of aromatic hydroxyl groups is 1. The molecule has 5 heteroatoms. The van der Waals surface area contributed by atoms with E-state index in [1.165, 1.54) is 6.07 Å². The highest BCUT2D eigenvalue weighted by molar-refractivity contribution is 6.33. The first-order chi connectivity index (χ1) is 7.69. The molecular formula is C12H16ClNO3. The van der Waals surface area contributed by atoms with Gasteiger partial charge < -0.3 is 9.84 Å². The van der Waals surface area contributed by atoms with Crippen molar-refractivity contribution in [3.8, 4) is 5.75 Å². The number of ether oxygens (including phenoxy) is 1. The minimum absolute atomic E-state index is 0.0699. The lowest BCUT2D eigenvalue weighted by Gasteiger charge is -2.20. The largest absolute Gasteiger partial charge is 0.508 e. The maximum atomic E-state index is 11.5. The van der Waals surface area contributed by atoms with E-state index in [2.05, 4.69) is 5.32 Å². The van der Waals surface area contributed by atoms with Gasteiger partial charge in [0.15, 0.2) is 0 Å². The molecule has 1 rings (SSSR count). The van der Waals surface area contributed by atoms with Crippen molar-refractivity contribution in [3.63, 3.8) is 0 Å². The first-order valence-electron chi connectivity index (χ1n) is 5.18. The maximum absolute atomic E-state index is 11.5. The van der Waals surface area contributed by atoms with Crippen LogP contribution in [0.3, 0.4) is 0 Å². The van der Waals surface area contributed by atoms with Crippen LogP contribution in [0, 0.1) is 6.92 Å². The molecule has 0 saturated heterocycles. The number of amides is 1. The lowest BCUT2D eigenvalue weighted by molar-refractivity contribution is 0.0636. The normalized spacial score (nSPS) is 11.1. The molecule has 0 saturated carbocycles. The quantitative estimate of drug-likeness (QED) is 0.806. The van der Waals surface area contributed by atoms with Crippen LogP contribution in [0.1, 0.15) is 26.3 Å². The Kier molecular flexibility index (Phi) is 3.88. The number of hydrogen-bond acceptors (Lipinski definition) is 3. The van der Waals surface area contributed by atoms with Gasteiger partial charge in [0.2, 0.25) is 0 Å². The lowest BCUT2D eigenvalue weighted by Crippen LogP contribution is -2.27. The van der Waals surface area contributed by atoms with E-state index in [0.29, 0.717) is 16.3 Å². The van der Waals surface area contributed by atoms with Crippen LogP contribution in [0.5, 0.6) is 5.75 Å². The SMILES string of the molecule is Cc1cc(Cl)c(NC(=O)OC(C)(C)C)cc1O. The maximum Gasteiger partial charge on any atom is 0.412 e. The highest BCUT2D eigenvalue weighted by Crippen LogP contribution is 2.29. The van der Waals surface area contributed by atoms with Crippen molar-refractivity contribution in [1.82, 2.24) is 0 Å². The number of phenolic OH excluding ortho intramolecular Hbond substituents is 1. The highest BCUT2D eigenvalue weighted by atomic mass is 35.5. The van der Waals surface area contributed by atoms with Crippen LogP contribution < -0.4 is 5.32 Å². The lowest BCUT2D eigenvalue weighted by atomic mass is 10.2. The molecule has 0 heterocycles. The van der Waals surface area contributed by atoms with E-state index in [1.807, 2.05) is 0 Å². The Morgan fingerprint density at radius 2 is 2.00 bits per heavy atom. The molecule has 17 heavy (non-hydrogen) atoms. The molecule has 0 radical (unpaired) electrons. The fraction of sp³-hybridized carbons (Fsp3) is 0.417. The second-order valence-corrected chi connectivity index (χ2v) is 5.15. The zero-order chi connectivity index (χ0) is 13.2. The van der Waals surface area contributed by atoms with Gasteiger partial charge in [-0.3, -0.25) is 5.32 Å². The molecule has 0 unspecified atom stereocenters. The first kappa shape index (κ1) is 13.6. The second-order valence-electron chi connectivity index (χ2n) is 4.75. The third-order valence-corrected chi connectivity index (χ3v) is 2.23. The van der Waals surface area contributed by atoms with Gasteiger partial charge in [-0.15, -0.1) is 0 Å². The Morgan fingerprint density at radius 3 is 2.53 bits per heavy atom.